The van der Waals surface area contributed by atoms with Crippen LogP contribution in [0.25, 0.3) is 0 Å². The maximum atomic E-state index is 4.66. The first kappa shape index (κ1) is 15.7. The minimum Gasteiger partial charge on any atom is -0.357 e. The monoisotopic (exact) mass is 264 g/mol. The summed E-state index contributed by atoms with van der Waals surface area (Å²) in [4.78, 5) is 11.4. The molecule has 0 spiro atoms. The van der Waals surface area contributed by atoms with E-state index in [1.54, 1.807) is 0 Å². The molecule has 1 aromatic rings. The quantitative estimate of drug-likeness (QED) is 0.818. The third-order valence-electron chi connectivity index (χ3n) is 3.39. The highest BCUT2D eigenvalue weighted by Crippen LogP contribution is 2.24. The lowest BCUT2D eigenvalue weighted by molar-refractivity contribution is 0.502. The number of rotatable bonds is 7. The highest BCUT2D eigenvalue weighted by molar-refractivity contribution is 5.49. The second kappa shape index (κ2) is 7.31. The fourth-order valence-corrected chi connectivity index (χ4v) is 2.38. The van der Waals surface area contributed by atoms with Gasteiger partial charge < -0.3 is 10.2 Å². The lowest BCUT2D eigenvalue weighted by Crippen LogP contribution is -2.38. The first-order valence-electron chi connectivity index (χ1n) is 7.31. The maximum absolute atomic E-state index is 4.66. The number of hydrogen-bond donors (Lipinski definition) is 1. The Bertz CT molecular complexity index is 386. The molecule has 4 nitrogen and oxygen atoms in total. The van der Waals surface area contributed by atoms with Crippen molar-refractivity contribution in [1.29, 1.82) is 0 Å². The highest BCUT2D eigenvalue weighted by Gasteiger charge is 2.20. The predicted octanol–water partition coefficient (Wildman–Crippen LogP) is 3.48. The average molecular weight is 264 g/mol. The Morgan fingerprint density at radius 1 is 1.26 bits per heavy atom. The van der Waals surface area contributed by atoms with Crippen LogP contribution >= 0.6 is 0 Å². The van der Waals surface area contributed by atoms with Crippen LogP contribution in [-0.2, 0) is 0 Å². The Morgan fingerprint density at radius 2 is 1.89 bits per heavy atom. The summed E-state index contributed by atoms with van der Waals surface area (Å²) in [6.07, 6.45) is 4.19. The van der Waals surface area contributed by atoms with Gasteiger partial charge in [0.05, 0.1) is 0 Å². The van der Waals surface area contributed by atoms with Crippen molar-refractivity contribution in [3.63, 3.8) is 0 Å². The van der Waals surface area contributed by atoms with Gasteiger partial charge in [0.2, 0.25) is 5.95 Å². The number of anilines is 2. The summed E-state index contributed by atoms with van der Waals surface area (Å²) in [5.41, 5.74) is 1.14. The lowest BCUT2D eigenvalue weighted by atomic mass is 10.1. The molecular formula is C15H28N4. The van der Waals surface area contributed by atoms with E-state index in [0.29, 0.717) is 17.9 Å². The van der Waals surface area contributed by atoms with Crippen molar-refractivity contribution >= 4 is 11.8 Å². The van der Waals surface area contributed by atoms with Crippen molar-refractivity contribution in [2.75, 3.05) is 23.8 Å². The molecule has 1 heterocycles. The predicted molar refractivity (Wildman–Crippen MR) is 82.9 cm³/mol. The van der Waals surface area contributed by atoms with Gasteiger partial charge in [0.1, 0.15) is 5.82 Å². The molecule has 1 rings (SSSR count). The van der Waals surface area contributed by atoms with Gasteiger partial charge in [-0.1, -0.05) is 27.7 Å². The van der Waals surface area contributed by atoms with Crippen LogP contribution in [0, 0.1) is 12.8 Å². The number of nitrogens with zero attached hydrogens (tertiary/aromatic N) is 3. The molecule has 4 heteroatoms. The SMILES string of the molecule is CCC(CC)N(CC(C)C)c1nc(NC)ncc1C. The van der Waals surface area contributed by atoms with E-state index in [0.717, 1.165) is 30.8 Å². The van der Waals surface area contributed by atoms with E-state index in [-0.39, 0.29) is 0 Å². The molecule has 0 aliphatic heterocycles. The average Bonchev–Trinajstić information content (AvgIpc) is 2.39. The van der Waals surface area contributed by atoms with E-state index in [4.69, 9.17) is 0 Å². The first-order chi connectivity index (χ1) is 9.03. The summed E-state index contributed by atoms with van der Waals surface area (Å²) < 4.78 is 0. The van der Waals surface area contributed by atoms with Gasteiger partial charge in [0.15, 0.2) is 0 Å². The molecular weight excluding hydrogens is 236 g/mol. The van der Waals surface area contributed by atoms with Crippen molar-refractivity contribution in [3.8, 4) is 0 Å². The molecule has 0 saturated carbocycles. The Labute approximate surface area is 117 Å². The molecule has 0 aliphatic rings. The molecule has 0 aromatic carbocycles. The summed E-state index contributed by atoms with van der Waals surface area (Å²) in [7, 11) is 1.86. The van der Waals surface area contributed by atoms with Gasteiger partial charge in [-0.25, -0.2) is 4.98 Å². The summed E-state index contributed by atoms with van der Waals surface area (Å²) in [5.74, 6) is 2.38. The smallest absolute Gasteiger partial charge is 0.224 e. The van der Waals surface area contributed by atoms with Gasteiger partial charge in [0.25, 0.3) is 0 Å². The van der Waals surface area contributed by atoms with E-state index in [1.165, 1.54) is 0 Å². The third kappa shape index (κ3) is 4.08. The van der Waals surface area contributed by atoms with Gasteiger partial charge >= 0.3 is 0 Å². The Morgan fingerprint density at radius 3 is 2.37 bits per heavy atom. The highest BCUT2D eigenvalue weighted by atomic mass is 15.2. The van der Waals surface area contributed by atoms with Crippen molar-refractivity contribution in [2.45, 2.75) is 53.5 Å². The van der Waals surface area contributed by atoms with E-state index in [2.05, 4.69) is 54.8 Å². The van der Waals surface area contributed by atoms with E-state index in [1.807, 2.05) is 13.2 Å². The molecule has 0 amide bonds. The molecule has 19 heavy (non-hydrogen) atoms. The zero-order chi connectivity index (χ0) is 14.4. The van der Waals surface area contributed by atoms with Crippen molar-refractivity contribution < 1.29 is 0 Å². The molecule has 1 N–H and O–H groups in total. The first-order valence-corrected chi connectivity index (χ1v) is 7.31. The van der Waals surface area contributed by atoms with Gasteiger partial charge in [-0.15, -0.1) is 0 Å². The minimum absolute atomic E-state index is 0.542. The van der Waals surface area contributed by atoms with Crippen LogP contribution in [0.2, 0.25) is 0 Å². The van der Waals surface area contributed by atoms with Crippen LogP contribution in [0.5, 0.6) is 0 Å². The molecule has 0 fully saturated rings. The van der Waals surface area contributed by atoms with Crippen molar-refractivity contribution in [3.05, 3.63) is 11.8 Å². The molecule has 1 aromatic heterocycles. The van der Waals surface area contributed by atoms with Crippen LogP contribution < -0.4 is 10.2 Å². The van der Waals surface area contributed by atoms with Crippen molar-refractivity contribution in [1.82, 2.24) is 9.97 Å². The number of nitrogens with one attached hydrogen (secondary N) is 1. The Kier molecular flexibility index (Phi) is 6.06. The van der Waals surface area contributed by atoms with Crippen LogP contribution in [0.15, 0.2) is 6.20 Å². The summed E-state index contributed by atoms with van der Waals surface area (Å²) >= 11 is 0. The molecule has 0 unspecified atom stereocenters. The van der Waals surface area contributed by atoms with Gasteiger partial charge in [0, 0.05) is 31.4 Å². The van der Waals surface area contributed by atoms with Crippen LogP contribution in [0.3, 0.4) is 0 Å². The zero-order valence-electron chi connectivity index (χ0n) is 13.2. The van der Waals surface area contributed by atoms with E-state index >= 15 is 0 Å². The number of aromatic nitrogens is 2. The van der Waals surface area contributed by atoms with Crippen LogP contribution in [0.1, 0.15) is 46.1 Å². The summed E-state index contributed by atoms with van der Waals surface area (Å²) in [6.45, 7) is 12.1. The number of hydrogen-bond acceptors (Lipinski definition) is 4. The maximum Gasteiger partial charge on any atom is 0.224 e. The molecule has 108 valence electrons. The normalized spacial score (nSPS) is 11.2. The molecule has 0 aliphatic carbocycles. The molecule has 0 saturated heterocycles. The number of aryl methyl sites for hydroxylation is 1. The zero-order valence-corrected chi connectivity index (χ0v) is 13.2. The fourth-order valence-electron chi connectivity index (χ4n) is 2.38. The lowest BCUT2D eigenvalue weighted by Gasteiger charge is -2.34. The molecule has 0 bridgehead atoms. The second-order valence-electron chi connectivity index (χ2n) is 5.47. The van der Waals surface area contributed by atoms with Gasteiger partial charge in [-0.2, -0.15) is 4.98 Å². The van der Waals surface area contributed by atoms with Crippen LogP contribution in [0.4, 0.5) is 11.8 Å². The second-order valence-corrected chi connectivity index (χ2v) is 5.47. The molecule has 0 atom stereocenters. The van der Waals surface area contributed by atoms with E-state index in [9.17, 15) is 0 Å². The minimum atomic E-state index is 0.542. The van der Waals surface area contributed by atoms with Crippen LogP contribution in [-0.4, -0.2) is 29.6 Å². The van der Waals surface area contributed by atoms with Crippen molar-refractivity contribution in [2.24, 2.45) is 5.92 Å². The Hall–Kier alpha value is -1.32. The molecule has 0 radical (unpaired) electrons. The Balaban J connectivity index is 3.15. The van der Waals surface area contributed by atoms with Gasteiger partial charge in [-0.05, 0) is 25.7 Å². The van der Waals surface area contributed by atoms with E-state index < -0.39 is 0 Å². The summed E-state index contributed by atoms with van der Waals surface area (Å²) in [6, 6.07) is 0.542. The fraction of sp³-hybridized carbons (Fsp3) is 0.733. The largest absolute Gasteiger partial charge is 0.357 e. The van der Waals surface area contributed by atoms with Gasteiger partial charge in [-0.3, -0.25) is 0 Å². The topological polar surface area (TPSA) is 41.1 Å². The standard InChI is InChI=1S/C15H28N4/c1-7-13(8-2)19(10-11(3)4)14-12(5)9-17-15(16-6)18-14/h9,11,13H,7-8,10H2,1-6H3,(H,16,17,18). The third-order valence-corrected chi connectivity index (χ3v) is 3.39. The summed E-state index contributed by atoms with van der Waals surface area (Å²) in [5, 5.41) is 3.03.